The molecule has 32 heavy (non-hydrogen) atoms. The first-order valence-electron chi connectivity index (χ1n) is 10.4. The zero-order chi connectivity index (χ0) is 22.7. The lowest BCUT2D eigenvalue weighted by Gasteiger charge is -2.22. The van der Waals surface area contributed by atoms with E-state index in [2.05, 4.69) is 10.4 Å². The summed E-state index contributed by atoms with van der Waals surface area (Å²) in [5.41, 5.74) is 2.59. The molecule has 0 fully saturated rings. The molecule has 3 aromatic rings. The molecule has 1 aliphatic rings. The van der Waals surface area contributed by atoms with Gasteiger partial charge in [-0.25, -0.2) is 4.68 Å². The van der Waals surface area contributed by atoms with E-state index >= 15 is 0 Å². The van der Waals surface area contributed by atoms with Gasteiger partial charge in [0.15, 0.2) is 0 Å². The van der Waals surface area contributed by atoms with Crippen LogP contribution in [-0.4, -0.2) is 27.6 Å². The van der Waals surface area contributed by atoms with Gasteiger partial charge in [0.05, 0.1) is 6.54 Å². The lowest BCUT2D eigenvalue weighted by atomic mass is 10.1. The number of hydrogen-bond donors (Lipinski definition) is 1. The Hall–Kier alpha value is -3.45. The fourth-order valence-electron chi connectivity index (χ4n) is 3.85. The average molecular weight is 451 g/mol. The maximum Gasteiger partial charge on any atom is 0.278 e. The number of anilines is 1. The molecule has 0 saturated heterocycles. The summed E-state index contributed by atoms with van der Waals surface area (Å²) in [5, 5.41) is 7.61. The third-order valence-electron chi connectivity index (χ3n) is 5.50. The SMILES string of the molecule is CC1Cc2ccccc2N1C(=O)c1ccc(=O)n(CCC(=O)NCc2ccccc2Cl)n1. The molecule has 2 aromatic carbocycles. The van der Waals surface area contributed by atoms with E-state index in [-0.39, 0.29) is 42.1 Å². The predicted octanol–water partition coefficient (Wildman–Crippen LogP) is 3.19. The van der Waals surface area contributed by atoms with E-state index in [1.807, 2.05) is 49.4 Å². The van der Waals surface area contributed by atoms with Crippen molar-refractivity contribution in [1.82, 2.24) is 15.1 Å². The lowest BCUT2D eigenvalue weighted by molar-refractivity contribution is -0.121. The highest BCUT2D eigenvalue weighted by molar-refractivity contribution is 6.31. The highest BCUT2D eigenvalue weighted by atomic mass is 35.5. The van der Waals surface area contributed by atoms with Crippen molar-refractivity contribution in [3.05, 3.63) is 92.9 Å². The van der Waals surface area contributed by atoms with Crippen molar-refractivity contribution < 1.29 is 9.59 Å². The molecular formula is C24H23ClN4O3. The minimum absolute atomic E-state index is 0.00216. The van der Waals surface area contributed by atoms with Crippen LogP contribution in [0.2, 0.25) is 5.02 Å². The first-order valence-corrected chi connectivity index (χ1v) is 10.8. The highest BCUT2D eigenvalue weighted by Gasteiger charge is 2.32. The average Bonchev–Trinajstić information content (AvgIpc) is 3.13. The summed E-state index contributed by atoms with van der Waals surface area (Å²) >= 11 is 6.10. The molecule has 1 N–H and O–H groups in total. The van der Waals surface area contributed by atoms with Gasteiger partial charge in [-0.05, 0) is 42.7 Å². The Balaban J connectivity index is 1.43. The molecule has 7 nitrogen and oxygen atoms in total. The van der Waals surface area contributed by atoms with Crippen LogP contribution in [0.5, 0.6) is 0 Å². The zero-order valence-electron chi connectivity index (χ0n) is 17.6. The summed E-state index contributed by atoms with van der Waals surface area (Å²) in [6.45, 7) is 2.35. The number of aromatic nitrogens is 2. The number of carbonyl (C=O) groups excluding carboxylic acids is 2. The minimum Gasteiger partial charge on any atom is -0.352 e. The highest BCUT2D eigenvalue weighted by Crippen LogP contribution is 2.32. The van der Waals surface area contributed by atoms with Crippen molar-refractivity contribution in [3.63, 3.8) is 0 Å². The molecule has 2 amide bonds. The number of para-hydroxylation sites is 1. The molecule has 0 aliphatic carbocycles. The number of rotatable bonds is 6. The Morgan fingerprint density at radius 3 is 2.66 bits per heavy atom. The molecule has 4 rings (SSSR count). The first kappa shape index (κ1) is 21.8. The van der Waals surface area contributed by atoms with Crippen LogP contribution in [-0.2, 0) is 24.3 Å². The second-order valence-electron chi connectivity index (χ2n) is 7.76. The maximum atomic E-state index is 13.2. The van der Waals surface area contributed by atoms with Crippen molar-refractivity contribution in [3.8, 4) is 0 Å². The van der Waals surface area contributed by atoms with Gasteiger partial charge in [0.25, 0.3) is 11.5 Å². The Labute approximate surface area is 190 Å². The second kappa shape index (κ2) is 9.36. The summed E-state index contributed by atoms with van der Waals surface area (Å²) in [6, 6.07) is 17.8. The molecule has 8 heteroatoms. The van der Waals surface area contributed by atoms with E-state index in [0.717, 1.165) is 27.9 Å². The number of halogens is 1. The van der Waals surface area contributed by atoms with Crippen LogP contribution in [0, 0.1) is 0 Å². The molecule has 1 atom stereocenters. The van der Waals surface area contributed by atoms with Gasteiger partial charge >= 0.3 is 0 Å². The van der Waals surface area contributed by atoms with Crippen LogP contribution in [0.15, 0.2) is 65.5 Å². The topological polar surface area (TPSA) is 84.3 Å². The van der Waals surface area contributed by atoms with Gasteiger partial charge in [-0.2, -0.15) is 5.10 Å². The van der Waals surface area contributed by atoms with Crippen LogP contribution in [0.4, 0.5) is 5.69 Å². The van der Waals surface area contributed by atoms with Gasteiger partial charge in [-0.3, -0.25) is 14.4 Å². The van der Waals surface area contributed by atoms with Crippen LogP contribution in [0.3, 0.4) is 0 Å². The smallest absolute Gasteiger partial charge is 0.278 e. The number of fused-ring (bicyclic) bond motifs is 1. The van der Waals surface area contributed by atoms with E-state index in [0.29, 0.717) is 11.6 Å². The van der Waals surface area contributed by atoms with Gasteiger partial charge in [-0.1, -0.05) is 48.0 Å². The third kappa shape index (κ3) is 4.57. The second-order valence-corrected chi connectivity index (χ2v) is 8.16. The van der Waals surface area contributed by atoms with E-state index in [1.54, 1.807) is 11.0 Å². The van der Waals surface area contributed by atoms with Gasteiger partial charge in [-0.15, -0.1) is 0 Å². The maximum absolute atomic E-state index is 13.2. The summed E-state index contributed by atoms with van der Waals surface area (Å²) in [5.74, 6) is -0.503. The molecule has 0 radical (unpaired) electrons. The lowest BCUT2D eigenvalue weighted by Crippen LogP contribution is -2.38. The quantitative estimate of drug-likeness (QED) is 0.625. The van der Waals surface area contributed by atoms with Crippen LogP contribution < -0.4 is 15.8 Å². The zero-order valence-corrected chi connectivity index (χ0v) is 18.4. The van der Waals surface area contributed by atoms with Gasteiger partial charge in [0.1, 0.15) is 5.69 Å². The van der Waals surface area contributed by atoms with Crippen molar-refractivity contribution in [2.75, 3.05) is 4.90 Å². The normalized spacial score (nSPS) is 14.8. The number of carbonyl (C=O) groups is 2. The van der Waals surface area contributed by atoms with Crippen molar-refractivity contribution >= 4 is 29.1 Å². The molecule has 0 saturated carbocycles. The Morgan fingerprint density at radius 1 is 1.09 bits per heavy atom. The fourth-order valence-corrected chi connectivity index (χ4v) is 4.06. The summed E-state index contributed by atoms with van der Waals surface area (Å²) < 4.78 is 1.16. The van der Waals surface area contributed by atoms with Crippen molar-refractivity contribution in [2.24, 2.45) is 0 Å². The standard InChI is InChI=1S/C24H23ClN4O3/c1-16-14-17-6-3-5-9-21(17)29(16)24(32)20-10-11-23(31)28(27-20)13-12-22(30)26-15-18-7-2-4-8-19(18)25/h2-11,16H,12-15H2,1H3,(H,26,30). The molecule has 164 valence electrons. The monoisotopic (exact) mass is 450 g/mol. The molecular weight excluding hydrogens is 428 g/mol. The number of benzene rings is 2. The Kier molecular flexibility index (Phi) is 6.37. The van der Waals surface area contributed by atoms with Crippen molar-refractivity contribution in [2.45, 2.75) is 38.9 Å². The molecule has 0 bridgehead atoms. The van der Waals surface area contributed by atoms with E-state index in [4.69, 9.17) is 11.6 Å². The number of amides is 2. The molecule has 2 heterocycles. The summed E-state index contributed by atoms with van der Waals surface area (Å²) in [6.07, 6.45) is 0.825. The van der Waals surface area contributed by atoms with Crippen LogP contribution in [0.25, 0.3) is 0 Å². The molecule has 1 aliphatic heterocycles. The Bertz CT molecular complexity index is 1220. The number of nitrogens with zero attached hydrogens (tertiary/aromatic N) is 3. The van der Waals surface area contributed by atoms with Gasteiger partial charge in [0, 0.05) is 35.8 Å². The Morgan fingerprint density at radius 2 is 1.84 bits per heavy atom. The third-order valence-corrected chi connectivity index (χ3v) is 5.87. The number of aryl methyl sites for hydroxylation is 1. The summed E-state index contributed by atoms with van der Waals surface area (Å²) in [7, 11) is 0. The fraction of sp³-hybridized carbons (Fsp3) is 0.250. The number of hydrogen-bond acceptors (Lipinski definition) is 4. The van der Waals surface area contributed by atoms with Gasteiger partial charge < -0.3 is 10.2 Å². The van der Waals surface area contributed by atoms with E-state index in [1.165, 1.54) is 12.1 Å². The van der Waals surface area contributed by atoms with E-state index < -0.39 is 0 Å². The van der Waals surface area contributed by atoms with Crippen LogP contribution >= 0.6 is 11.6 Å². The molecule has 1 aromatic heterocycles. The molecule has 0 spiro atoms. The minimum atomic E-state index is -0.365. The van der Waals surface area contributed by atoms with E-state index in [9.17, 15) is 14.4 Å². The summed E-state index contributed by atoms with van der Waals surface area (Å²) in [4.78, 5) is 39.4. The first-order chi connectivity index (χ1) is 15.4. The van der Waals surface area contributed by atoms with Crippen molar-refractivity contribution in [1.29, 1.82) is 0 Å². The number of nitrogens with one attached hydrogen (secondary N) is 1. The predicted molar refractivity (Wildman–Crippen MR) is 123 cm³/mol. The molecule has 1 unspecified atom stereocenters. The largest absolute Gasteiger partial charge is 0.352 e. The van der Waals surface area contributed by atoms with Gasteiger partial charge in [0.2, 0.25) is 5.91 Å². The van der Waals surface area contributed by atoms with Crippen LogP contribution in [0.1, 0.15) is 35.0 Å².